The van der Waals surface area contributed by atoms with E-state index in [0.29, 0.717) is 31.5 Å². The Kier molecular flexibility index (Phi) is 7.96. The van der Waals surface area contributed by atoms with Crippen LogP contribution in [0.25, 0.3) is 0 Å². The molecule has 1 fully saturated rings. The summed E-state index contributed by atoms with van der Waals surface area (Å²) in [6.45, 7) is 4.33. The van der Waals surface area contributed by atoms with Crippen LogP contribution >= 0.6 is 0 Å². The number of nitrogens with zero attached hydrogens (tertiary/aromatic N) is 1. The molecule has 2 aromatic rings. The minimum absolute atomic E-state index is 0.107. The quantitative estimate of drug-likeness (QED) is 0.666. The second-order valence-electron chi connectivity index (χ2n) is 8.69. The van der Waals surface area contributed by atoms with Crippen molar-refractivity contribution in [2.45, 2.75) is 44.9 Å². The first-order valence-corrected chi connectivity index (χ1v) is 11.2. The number of halogens is 3. The number of hydrogen-bond acceptors (Lipinski definition) is 3. The highest BCUT2D eigenvalue weighted by molar-refractivity contribution is 5.97. The third-order valence-electron chi connectivity index (χ3n) is 5.79. The standard InChI is InChI=1S/C25H28F3N3O3/c1-16(2)29-23(33)21(30-22(32)18-6-4-3-5-7-18)17-12-14-31(15-13-17)24(34)19-8-10-20(11-9-19)25(26,27)28/h3-11,16-17,21H,12-15H2,1-2H3,(H,29,33)(H,30,32)/t21-/m1/s1. The van der Waals surface area contributed by atoms with E-state index in [1.165, 1.54) is 12.1 Å². The summed E-state index contributed by atoms with van der Waals surface area (Å²) in [5.41, 5.74) is -0.186. The third-order valence-corrected chi connectivity index (χ3v) is 5.79. The van der Waals surface area contributed by atoms with Gasteiger partial charge < -0.3 is 15.5 Å². The largest absolute Gasteiger partial charge is 0.416 e. The second-order valence-corrected chi connectivity index (χ2v) is 8.69. The van der Waals surface area contributed by atoms with Gasteiger partial charge in [-0.3, -0.25) is 14.4 Å². The molecule has 3 amide bonds. The second kappa shape index (κ2) is 10.7. The summed E-state index contributed by atoms with van der Waals surface area (Å²) < 4.78 is 38.3. The van der Waals surface area contributed by atoms with E-state index in [1.54, 1.807) is 35.2 Å². The van der Waals surface area contributed by atoms with Crippen molar-refractivity contribution in [1.29, 1.82) is 0 Å². The number of hydrogen-bond donors (Lipinski definition) is 2. The topological polar surface area (TPSA) is 78.5 Å². The van der Waals surface area contributed by atoms with Gasteiger partial charge in [-0.05, 0) is 69.0 Å². The molecule has 1 aliphatic rings. The maximum Gasteiger partial charge on any atom is 0.416 e. The van der Waals surface area contributed by atoms with Gasteiger partial charge in [0.25, 0.3) is 11.8 Å². The number of likely N-dealkylation sites (tertiary alicyclic amines) is 1. The lowest BCUT2D eigenvalue weighted by molar-refractivity contribution is -0.137. The molecule has 34 heavy (non-hydrogen) atoms. The highest BCUT2D eigenvalue weighted by Gasteiger charge is 2.35. The van der Waals surface area contributed by atoms with Crippen molar-refractivity contribution in [2.24, 2.45) is 5.92 Å². The molecule has 6 nitrogen and oxygen atoms in total. The fourth-order valence-corrected chi connectivity index (χ4v) is 4.01. The van der Waals surface area contributed by atoms with E-state index >= 15 is 0 Å². The maximum atomic E-state index is 12.9. The van der Waals surface area contributed by atoms with Gasteiger partial charge in [0.2, 0.25) is 5.91 Å². The van der Waals surface area contributed by atoms with Crippen molar-refractivity contribution >= 4 is 17.7 Å². The van der Waals surface area contributed by atoms with E-state index < -0.39 is 17.8 Å². The smallest absolute Gasteiger partial charge is 0.352 e. The predicted molar refractivity (Wildman–Crippen MR) is 121 cm³/mol. The van der Waals surface area contributed by atoms with Crippen molar-refractivity contribution < 1.29 is 27.6 Å². The van der Waals surface area contributed by atoms with Gasteiger partial charge in [-0.15, -0.1) is 0 Å². The molecular formula is C25H28F3N3O3. The first-order valence-electron chi connectivity index (χ1n) is 11.2. The Bertz CT molecular complexity index is 1000. The molecular weight excluding hydrogens is 447 g/mol. The van der Waals surface area contributed by atoms with Gasteiger partial charge in [0.05, 0.1) is 5.56 Å². The van der Waals surface area contributed by atoms with Crippen LogP contribution in [0.2, 0.25) is 0 Å². The van der Waals surface area contributed by atoms with Crippen molar-refractivity contribution in [3.05, 3.63) is 71.3 Å². The lowest BCUT2D eigenvalue weighted by Crippen LogP contribution is -2.54. The number of piperidine rings is 1. The van der Waals surface area contributed by atoms with Crippen LogP contribution in [0.3, 0.4) is 0 Å². The molecule has 0 bridgehead atoms. The number of benzene rings is 2. The normalized spacial score (nSPS) is 15.6. The molecule has 2 N–H and O–H groups in total. The molecule has 9 heteroatoms. The van der Waals surface area contributed by atoms with Crippen molar-refractivity contribution in [3.63, 3.8) is 0 Å². The van der Waals surface area contributed by atoms with E-state index in [-0.39, 0.29) is 35.2 Å². The Morgan fingerprint density at radius 2 is 1.47 bits per heavy atom. The zero-order valence-electron chi connectivity index (χ0n) is 19.1. The molecule has 1 saturated heterocycles. The van der Waals surface area contributed by atoms with Crippen LogP contribution < -0.4 is 10.6 Å². The SMILES string of the molecule is CC(C)NC(=O)[C@H](NC(=O)c1ccccc1)C1CCN(C(=O)c2ccc(C(F)(F)F)cc2)CC1. The van der Waals surface area contributed by atoms with Gasteiger partial charge in [-0.25, -0.2) is 0 Å². The molecule has 0 spiro atoms. The minimum Gasteiger partial charge on any atom is -0.352 e. The number of alkyl halides is 3. The summed E-state index contributed by atoms with van der Waals surface area (Å²) in [5.74, 6) is -1.19. The molecule has 1 atom stereocenters. The fourth-order valence-electron chi connectivity index (χ4n) is 4.01. The first kappa shape index (κ1) is 25.3. The van der Waals surface area contributed by atoms with Crippen LogP contribution in [0.1, 0.15) is 53.0 Å². The number of nitrogens with one attached hydrogen (secondary N) is 2. The Morgan fingerprint density at radius 3 is 2.00 bits per heavy atom. The number of rotatable bonds is 6. The molecule has 1 heterocycles. The van der Waals surface area contributed by atoms with Crippen molar-refractivity contribution in [2.75, 3.05) is 13.1 Å². The van der Waals surface area contributed by atoms with Crippen molar-refractivity contribution in [1.82, 2.24) is 15.5 Å². The van der Waals surface area contributed by atoms with Gasteiger partial charge in [0.1, 0.15) is 6.04 Å². The highest BCUT2D eigenvalue weighted by atomic mass is 19.4. The van der Waals surface area contributed by atoms with Gasteiger partial charge >= 0.3 is 6.18 Å². The Hall–Kier alpha value is -3.36. The lowest BCUT2D eigenvalue weighted by atomic mass is 9.88. The van der Waals surface area contributed by atoms with E-state index in [4.69, 9.17) is 0 Å². The Morgan fingerprint density at radius 1 is 0.882 bits per heavy atom. The molecule has 0 unspecified atom stereocenters. The van der Waals surface area contributed by atoms with E-state index in [9.17, 15) is 27.6 Å². The summed E-state index contributed by atoms with van der Waals surface area (Å²) >= 11 is 0. The summed E-state index contributed by atoms with van der Waals surface area (Å²) in [4.78, 5) is 39.9. The van der Waals surface area contributed by atoms with E-state index in [2.05, 4.69) is 10.6 Å². The Balaban J connectivity index is 1.66. The van der Waals surface area contributed by atoms with E-state index in [0.717, 1.165) is 12.1 Å². The zero-order valence-corrected chi connectivity index (χ0v) is 19.1. The molecule has 0 aliphatic carbocycles. The average molecular weight is 476 g/mol. The minimum atomic E-state index is -4.46. The predicted octanol–water partition coefficient (Wildman–Crippen LogP) is 3.88. The summed E-state index contributed by atoms with van der Waals surface area (Å²) in [7, 11) is 0. The van der Waals surface area contributed by atoms with Gasteiger partial charge in [0, 0.05) is 30.3 Å². The zero-order chi connectivity index (χ0) is 24.9. The lowest BCUT2D eigenvalue weighted by Gasteiger charge is -2.36. The average Bonchev–Trinajstić information content (AvgIpc) is 2.81. The molecule has 182 valence electrons. The van der Waals surface area contributed by atoms with Gasteiger partial charge in [-0.2, -0.15) is 13.2 Å². The van der Waals surface area contributed by atoms with Crippen LogP contribution in [0.5, 0.6) is 0 Å². The first-order chi connectivity index (χ1) is 16.1. The highest BCUT2D eigenvalue weighted by Crippen LogP contribution is 2.29. The third kappa shape index (κ3) is 6.36. The van der Waals surface area contributed by atoms with Gasteiger partial charge in [0.15, 0.2) is 0 Å². The summed E-state index contributed by atoms with van der Waals surface area (Å²) in [6, 6.07) is 11.9. The fraction of sp³-hybridized carbons (Fsp3) is 0.400. The van der Waals surface area contributed by atoms with Crippen LogP contribution in [0.15, 0.2) is 54.6 Å². The molecule has 0 radical (unpaired) electrons. The molecule has 2 aromatic carbocycles. The molecule has 0 saturated carbocycles. The summed E-state index contributed by atoms with van der Waals surface area (Å²) in [6.07, 6.45) is -3.52. The molecule has 3 rings (SSSR count). The maximum absolute atomic E-state index is 12.9. The number of amides is 3. The Labute approximate surface area is 196 Å². The number of carbonyl (C=O) groups excluding carboxylic acids is 3. The van der Waals surface area contributed by atoms with Gasteiger partial charge in [-0.1, -0.05) is 18.2 Å². The van der Waals surface area contributed by atoms with Crippen LogP contribution in [-0.4, -0.2) is 47.8 Å². The van der Waals surface area contributed by atoms with Crippen LogP contribution in [-0.2, 0) is 11.0 Å². The van der Waals surface area contributed by atoms with Crippen LogP contribution in [0, 0.1) is 5.92 Å². The monoisotopic (exact) mass is 475 g/mol. The van der Waals surface area contributed by atoms with E-state index in [1.807, 2.05) is 13.8 Å². The van der Waals surface area contributed by atoms with Crippen molar-refractivity contribution in [3.8, 4) is 0 Å². The number of carbonyl (C=O) groups is 3. The molecule has 1 aliphatic heterocycles. The van der Waals surface area contributed by atoms with Crippen LogP contribution in [0.4, 0.5) is 13.2 Å². The summed E-state index contributed by atoms with van der Waals surface area (Å²) in [5, 5.41) is 5.69. The molecule has 0 aromatic heterocycles.